The summed E-state index contributed by atoms with van der Waals surface area (Å²) in [6.07, 6.45) is 5.37. The second kappa shape index (κ2) is 8.39. The molecule has 1 saturated heterocycles. The Balaban J connectivity index is 1.56. The van der Waals surface area contributed by atoms with Gasteiger partial charge in [0, 0.05) is 36.4 Å². The number of esters is 1. The van der Waals surface area contributed by atoms with Crippen LogP contribution < -0.4 is 0 Å². The quantitative estimate of drug-likeness (QED) is 0.636. The second-order valence-corrected chi connectivity index (χ2v) is 7.45. The van der Waals surface area contributed by atoms with E-state index in [4.69, 9.17) is 4.74 Å². The predicted octanol–water partition coefficient (Wildman–Crippen LogP) is 3.71. The highest BCUT2D eigenvalue weighted by atomic mass is 16.5. The predicted molar refractivity (Wildman–Crippen MR) is 110 cm³/mol. The van der Waals surface area contributed by atoms with Crippen molar-refractivity contribution in [3.8, 4) is 11.3 Å². The number of nitrogens with zero attached hydrogens (tertiary/aromatic N) is 3. The summed E-state index contributed by atoms with van der Waals surface area (Å²) in [7, 11) is 0. The molecule has 0 N–H and O–H groups in total. The van der Waals surface area contributed by atoms with E-state index in [1.165, 1.54) is 0 Å². The van der Waals surface area contributed by atoms with Crippen molar-refractivity contribution >= 4 is 22.8 Å². The third kappa shape index (κ3) is 4.26. The number of carbonyl (C=O) groups excluding carboxylic acids is 2. The fourth-order valence-corrected chi connectivity index (χ4v) is 3.56. The molecule has 4 rings (SSSR count). The molecule has 3 heterocycles. The number of benzene rings is 1. The summed E-state index contributed by atoms with van der Waals surface area (Å²) in [6, 6.07) is 12.8. The van der Waals surface area contributed by atoms with E-state index in [2.05, 4.69) is 16.9 Å². The smallest absolute Gasteiger partial charge is 0.339 e. The van der Waals surface area contributed by atoms with Crippen molar-refractivity contribution in [2.24, 2.45) is 5.92 Å². The van der Waals surface area contributed by atoms with Gasteiger partial charge in [-0.3, -0.25) is 9.78 Å². The average Bonchev–Trinajstić information content (AvgIpc) is 2.77. The Morgan fingerprint density at radius 3 is 2.69 bits per heavy atom. The monoisotopic (exact) mass is 389 g/mol. The number of hydrogen-bond donors (Lipinski definition) is 0. The van der Waals surface area contributed by atoms with Crippen LogP contribution >= 0.6 is 0 Å². The van der Waals surface area contributed by atoms with Crippen molar-refractivity contribution in [3.63, 3.8) is 0 Å². The zero-order valence-corrected chi connectivity index (χ0v) is 16.4. The fourth-order valence-electron chi connectivity index (χ4n) is 3.56. The van der Waals surface area contributed by atoms with Crippen molar-refractivity contribution in [2.45, 2.75) is 19.8 Å². The van der Waals surface area contributed by atoms with Gasteiger partial charge in [-0.25, -0.2) is 9.78 Å². The van der Waals surface area contributed by atoms with Crippen LogP contribution in [-0.2, 0) is 9.53 Å². The Morgan fingerprint density at radius 2 is 1.93 bits per heavy atom. The number of pyridine rings is 2. The molecule has 0 saturated carbocycles. The SMILES string of the molecule is CC1CCN(C(=O)COC(=O)c2cc(-c3cccnc3)nc3ccccc23)CC1. The number of likely N-dealkylation sites (tertiary alicyclic amines) is 1. The summed E-state index contributed by atoms with van der Waals surface area (Å²) in [5, 5.41) is 0.699. The second-order valence-electron chi connectivity index (χ2n) is 7.45. The molecule has 29 heavy (non-hydrogen) atoms. The van der Waals surface area contributed by atoms with Gasteiger partial charge in [-0.05, 0) is 43.0 Å². The molecule has 3 aromatic rings. The van der Waals surface area contributed by atoms with Gasteiger partial charge in [0.15, 0.2) is 6.61 Å². The van der Waals surface area contributed by atoms with Crippen molar-refractivity contribution in [1.29, 1.82) is 0 Å². The number of carbonyl (C=O) groups is 2. The highest BCUT2D eigenvalue weighted by Gasteiger charge is 2.22. The molecule has 0 bridgehead atoms. The van der Waals surface area contributed by atoms with Crippen LogP contribution in [-0.4, -0.2) is 46.4 Å². The molecule has 0 spiro atoms. The average molecular weight is 389 g/mol. The first-order valence-electron chi connectivity index (χ1n) is 9.87. The van der Waals surface area contributed by atoms with Gasteiger partial charge >= 0.3 is 5.97 Å². The number of ether oxygens (including phenoxy) is 1. The van der Waals surface area contributed by atoms with Gasteiger partial charge in [0.1, 0.15) is 0 Å². The fraction of sp³-hybridized carbons (Fsp3) is 0.304. The minimum absolute atomic E-state index is 0.143. The zero-order valence-electron chi connectivity index (χ0n) is 16.4. The molecule has 6 nitrogen and oxygen atoms in total. The molecule has 2 aromatic heterocycles. The van der Waals surface area contributed by atoms with Crippen molar-refractivity contribution < 1.29 is 14.3 Å². The van der Waals surface area contributed by atoms with Crippen molar-refractivity contribution in [3.05, 3.63) is 60.4 Å². The maximum atomic E-state index is 12.8. The maximum Gasteiger partial charge on any atom is 0.339 e. The Morgan fingerprint density at radius 1 is 1.14 bits per heavy atom. The molecule has 1 fully saturated rings. The van der Waals surface area contributed by atoms with Gasteiger partial charge < -0.3 is 9.64 Å². The van der Waals surface area contributed by atoms with Crippen LogP contribution in [0.5, 0.6) is 0 Å². The van der Waals surface area contributed by atoms with E-state index in [-0.39, 0.29) is 12.5 Å². The maximum absolute atomic E-state index is 12.8. The van der Waals surface area contributed by atoms with Crippen LogP contribution in [0, 0.1) is 5.92 Å². The Bertz CT molecular complexity index is 1030. The zero-order chi connectivity index (χ0) is 20.2. The lowest BCUT2D eigenvalue weighted by atomic mass is 9.99. The number of amides is 1. The van der Waals surface area contributed by atoms with Crippen LogP contribution in [0.1, 0.15) is 30.1 Å². The number of hydrogen-bond acceptors (Lipinski definition) is 5. The molecule has 6 heteroatoms. The van der Waals surface area contributed by atoms with Crippen LogP contribution in [0.25, 0.3) is 22.2 Å². The van der Waals surface area contributed by atoms with E-state index < -0.39 is 5.97 Å². The molecule has 1 aliphatic heterocycles. The number of fused-ring (bicyclic) bond motifs is 1. The number of piperidine rings is 1. The van der Waals surface area contributed by atoms with E-state index in [1.807, 2.05) is 36.4 Å². The van der Waals surface area contributed by atoms with Crippen molar-refractivity contribution in [2.75, 3.05) is 19.7 Å². The lowest BCUT2D eigenvalue weighted by Gasteiger charge is -2.30. The van der Waals surface area contributed by atoms with Crippen molar-refractivity contribution in [1.82, 2.24) is 14.9 Å². The van der Waals surface area contributed by atoms with Gasteiger partial charge in [-0.15, -0.1) is 0 Å². The van der Waals surface area contributed by atoms with Gasteiger partial charge in [0.25, 0.3) is 5.91 Å². The molecule has 1 aromatic carbocycles. The summed E-state index contributed by atoms with van der Waals surface area (Å²) in [5.74, 6) is -0.0285. The standard InChI is InChI=1S/C23H23N3O3/c1-16-8-11-26(12-9-16)22(27)15-29-23(28)19-13-21(17-5-4-10-24-14-17)25-20-7-3-2-6-18(19)20/h2-7,10,13-14,16H,8-9,11-12,15H2,1H3. The highest BCUT2D eigenvalue weighted by Crippen LogP contribution is 2.25. The summed E-state index contributed by atoms with van der Waals surface area (Å²) >= 11 is 0. The molecular weight excluding hydrogens is 366 g/mol. The minimum Gasteiger partial charge on any atom is -0.452 e. The van der Waals surface area contributed by atoms with Crippen LogP contribution in [0.3, 0.4) is 0 Å². The lowest BCUT2D eigenvalue weighted by molar-refractivity contribution is -0.135. The summed E-state index contributed by atoms with van der Waals surface area (Å²) < 4.78 is 5.40. The topological polar surface area (TPSA) is 72.4 Å². The van der Waals surface area contributed by atoms with Crippen LogP contribution in [0.15, 0.2) is 54.9 Å². The first-order valence-corrected chi connectivity index (χ1v) is 9.87. The molecule has 148 valence electrons. The Hall–Kier alpha value is -3.28. The Kier molecular flexibility index (Phi) is 5.51. The molecule has 0 radical (unpaired) electrons. The van der Waals surface area contributed by atoms with E-state index in [0.717, 1.165) is 31.5 Å². The van der Waals surface area contributed by atoms with Gasteiger partial charge in [-0.2, -0.15) is 0 Å². The van der Waals surface area contributed by atoms with Crippen LogP contribution in [0.4, 0.5) is 0 Å². The third-order valence-corrected chi connectivity index (χ3v) is 5.36. The molecular formula is C23H23N3O3. The van der Waals surface area contributed by atoms with E-state index >= 15 is 0 Å². The molecule has 1 amide bonds. The first kappa shape index (κ1) is 19.1. The summed E-state index contributed by atoms with van der Waals surface area (Å²) in [4.78, 5) is 35.8. The highest BCUT2D eigenvalue weighted by molar-refractivity contribution is 6.05. The van der Waals surface area contributed by atoms with E-state index in [9.17, 15) is 9.59 Å². The largest absolute Gasteiger partial charge is 0.452 e. The summed E-state index contributed by atoms with van der Waals surface area (Å²) in [6.45, 7) is 3.39. The van der Waals surface area contributed by atoms with Crippen LogP contribution in [0.2, 0.25) is 0 Å². The molecule has 0 unspecified atom stereocenters. The minimum atomic E-state index is -0.521. The molecule has 1 aliphatic rings. The van der Waals surface area contributed by atoms with Gasteiger partial charge in [0.05, 0.1) is 16.8 Å². The van der Waals surface area contributed by atoms with Gasteiger partial charge in [0.2, 0.25) is 0 Å². The van der Waals surface area contributed by atoms with E-state index in [0.29, 0.717) is 28.1 Å². The lowest BCUT2D eigenvalue weighted by Crippen LogP contribution is -2.40. The summed E-state index contributed by atoms with van der Waals surface area (Å²) in [5.41, 5.74) is 2.54. The number of para-hydroxylation sites is 1. The molecule has 0 aliphatic carbocycles. The number of rotatable bonds is 4. The van der Waals surface area contributed by atoms with Gasteiger partial charge in [-0.1, -0.05) is 25.1 Å². The third-order valence-electron chi connectivity index (χ3n) is 5.36. The Labute approximate surface area is 169 Å². The number of aromatic nitrogens is 2. The first-order chi connectivity index (χ1) is 14.1. The van der Waals surface area contributed by atoms with E-state index in [1.54, 1.807) is 23.4 Å². The normalized spacial score (nSPS) is 14.7. The molecule has 0 atom stereocenters.